The molecule has 0 unspecified atom stereocenters. The number of benzene rings is 1. The molecule has 7 heteroatoms. The molecule has 1 aromatic heterocycles. The highest BCUT2D eigenvalue weighted by atomic mass is 35.5. The van der Waals surface area contributed by atoms with E-state index in [1.807, 2.05) is 10.7 Å². The molecule has 0 radical (unpaired) electrons. The van der Waals surface area contributed by atoms with E-state index in [2.05, 4.69) is 67.2 Å². The van der Waals surface area contributed by atoms with Crippen LogP contribution in [0.15, 0.2) is 18.2 Å². The summed E-state index contributed by atoms with van der Waals surface area (Å²) < 4.78 is 1.99. The van der Waals surface area contributed by atoms with E-state index in [4.69, 9.17) is 11.6 Å². The Morgan fingerprint density at radius 1 is 1.15 bits per heavy atom. The van der Waals surface area contributed by atoms with Gasteiger partial charge in [0.2, 0.25) is 5.82 Å². The Balaban J connectivity index is 1.76. The molecule has 1 atom stereocenters. The molecule has 0 bridgehead atoms. The molecular formula is C20H32ClN6+. The molecule has 0 spiro atoms. The molecule has 1 aromatic carbocycles. The summed E-state index contributed by atoms with van der Waals surface area (Å²) in [7, 11) is 0. The van der Waals surface area contributed by atoms with Crippen LogP contribution in [0.25, 0.3) is 0 Å². The number of piperazine rings is 1. The number of halogens is 1. The lowest BCUT2D eigenvalue weighted by molar-refractivity contribution is -0.934. The molecule has 0 saturated carbocycles. The van der Waals surface area contributed by atoms with E-state index in [9.17, 15) is 0 Å². The van der Waals surface area contributed by atoms with Gasteiger partial charge in [-0.15, -0.1) is 5.10 Å². The van der Waals surface area contributed by atoms with Crippen molar-refractivity contribution in [2.24, 2.45) is 5.92 Å². The van der Waals surface area contributed by atoms with Gasteiger partial charge in [-0.25, -0.2) is 4.68 Å². The molecule has 3 rings (SSSR count). The number of hydrogen-bond acceptors (Lipinski definition) is 4. The Labute approximate surface area is 167 Å². The van der Waals surface area contributed by atoms with Crippen molar-refractivity contribution in [1.82, 2.24) is 20.2 Å². The molecular weight excluding hydrogens is 360 g/mol. The van der Waals surface area contributed by atoms with Gasteiger partial charge in [0.05, 0.1) is 32.2 Å². The average Bonchev–Trinajstić information content (AvgIpc) is 3.11. The maximum atomic E-state index is 6.23. The lowest BCUT2D eigenvalue weighted by Gasteiger charge is -2.38. The van der Waals surface area contributed by atoms with Gasteiger partial charge in [0.1, 0.15) is 6.04 Å². The SMILES string of the molecule is Cc1ccc(Cl)cc1N1CC[NH+]([C@H](CC(C)C)c2nnnn2C(C)C)CC1. The Bertz CT molecular complexity index is 749. The summed E-state index contributed by atoms with van der Waals surface area (Å²) >= 11 is 6.23. The first-order valence-corrected chi connectivity index (χ1v) is 10.4. The molecule has 27 heavy (non-hydrogen) atoms. The van der Waals surface area contributed by atoms with Crippen molar-refractivity contribution in [3.05, 3.63) is 34.6 Å². The molecule has 6 nitrogen and oxygen atoms in total. The first-order chi connectivity index (χ1) is 12.9. The highest BCUT2D eigenvalue weighted by molar-refractivity contribution is 6.30. The monoisotopic (exact) mass is 391 g/mol. The van der Waals surface area contributed by atoms with E-state index in [1.165, 1.54) is 11.3 Å². The minimum atomic E-state index is 0.277. The summed E-state index contributed by atoms with van der Waals surface area (Å²) in [6.45, 7) is 15.2. The maximum absolute atomic E-state index is 6.23. The smallest absolute Gasteiger partial charge is 0.209 e. The molecule has 0 amide bonds. The number of anilines is 1. The third kappa shape index (κ3) is 4.61. The Hall–Kier alpha value is -1.66. The molecule has 1 aliphatic rings. The fourth-order valence-electron chi connectivity index (χ4n) is 4.03. The van der Waals surface area contributed by atoms with Gasteiger partial charge < -0.3 is 9.80 Å². The van der Waals surface area contributed by atoms with Crippen molar-refractivity contribution in [2.75, 3.05) is 31.1 Å². The van der Waals surface area contributed by atoms with Crippen LogP contribution in [0.2, 0.25) is 5.02 Å². The number of quaternary nitrogens is 1. The van der Waals surface area contributed by atoms with Crippen LogP contribution in [-0.4, -0.2) is 46.4 Å². The zero-order valence-electron chi connectivity index (χ0n) is 17.1. The van der Waals surface area contributed by atoms with Gasteiger partial charge >= 0.3 is 0 Å². The quantitative estimate of drug-likeness (QED) is 0.822. The predicted molar refractivity (Wildman–Crippen MR) is 109 cm³/mol. The second-order valence-corrected chi connectivity index (χ2v) is 8.77. The number of aromatic nitrogens is 4. The van der Waals surface area contributed by atoms with Crippen LogP contribution in [0.1, 0.15) is 57.6 Å². The molecule has 0 aliphatic carbocycles. The minimum absolute atomic E-state index is 0.277. The summed E-state index contributed by atoms with van der Waals surface area (Å²) in [6.07, 6.45) is 1.10. The van der Waals surface area contributed by atoms with Crippen LogP contribution < -0.4 is 9.80 Å². The van der Waals surface area contributed by atoms with Crippen molar-refractivity contribution >= 4 is 17.3 Å². The van der Waals surface area contributed by atoms with Crippen molar-refractivity contribution < 1.29 is 4.90 Å². The standard InChI is InChI=1S/C20H31ClN6/c1-14(2)12-19(20-22-23-24-27(20)15(3)4)26-10-8-25(9-11-26)18-13-17(21)7-6-16(18)5/h6-7,13-15,19H,8-12H2,1-5H3/p+1/t19-/m1/s1. The first kappa shape index (κ1) is 20.1. The Morgan fingerprint density at radius 3 is 2.48 bits per heavy atom. The van der Waals surface area contributed by atoms with Crippen LogP contribution in [0, 0.1) is 12.8 Å². The second-order valence-electron chi connectivity index (χ2n) is 8.33. The molecule has 2 heterocycles. The molecule has 1 saturated heterocycles. The minimum Gasteiger partial charge on any atom is -0.360 e. The van der Waals surface area contributed by atoms with E-state index < -0.39 is 0 Å². The summed E-state index contributed by atoms with van der Waals surface area (Å²) in [5.74, 6) is 1.63. The van der Waals surface area contributed by atoms with E-state index in [0.29, 0.717) is 12.0 Å². The summed E-state index contributed by atoms with van der Waals surface area (Å²) in [6, 6.07) is 6.78. The van der Waals surface area contributed by atoms with Gasteiger partial charge in [-0.2, -0.15) is 0 Å². The van der Waals surface area contributed by atoms with Gasteiger partial charge in [-0.05, 0) is 54.8 Å². The van der Waals surface area contributed by atoms with Crippen LogP contribution in [0.5, 0.6) is 0 Å². The lowest BCUT2D eigenvalue weighted by atomic mass is 10.0. The van der Waals surface area contributed by atoms with Gasteiger partial charge in [0.25, 0.3) is 0 Å². The number of hydrogen-bond donors (Lipinski definition) is 1. The zero-order chi connectivity index (χ0) is 19.6. The van der Waals surface area contributed by atoms with E-state index in [1.54, 1.807) is 4.90 Å². The van der Waals surface area contributed by atoms with Crippen LogP contribution in [0.3, 0.4) is 0 Å². The van der Waals surface area contributed by atoms with Crippen LogP contribution in [0.4, 0.5) is 5.69 Å². The zero-order valence-corrected chi connectivity index (χ0v) is 17.9. The van der Waals surface area contributed by atoms with E-state index in [0.717, 1.165) is 43.4 Å². The molecule has 1 aliphatic heterocycles. The van der Waals surface area contributed by atoms with Crippen LogP contribution >= 0.6 is 11.6 Å². The maximum Gasteiger partial charge on any atom is 0.209 e. The van der Waals surface area contributed by atoms with Crippen LogP contribution in [-0.2, 0) is 0 Å². The Morgan fingerprint density at radius 2 is 1.85 bits per heavy atom. The normalized spacial score (nSPS) is 17.1. The second kappa shape index (κ2) is 8.57. The first-order valence-electron chi connectivity index (χ1n) is 10.00. The van der Waals surface area contributed by atoms with Gasteiger partial charge in [-0.1, -0.05) is 31.5 Å². The number of nitrogens with one attached hydrogen (secondary N) is 1. The van der Waals surface area contributed by atoms with Gasteiger partial charge in [-0.3, -0.25) is 0 Å². The third-order valence-electron chi connectivity index (χ3n) is 5.44. The van der Waals surface area contributed by atoms with Crippen molar-refractivity contribution in [3.8, 4) is 0 Å². The average molecular weight is 392 g/mol. The Kier molecular flexibility index (Phi) is 6.37. The lowest BCUT2D eigenvalue weighted by Crippen LogP contribution is -3.15. The summed E-state index contributed by atoms with van der Waals surface area (Å²) in [4.78, 5) is 4.04. The van der Waals surface area contributed by atoms with Crippen molar-refractivity contribution in [2.45, 2.75) is 53.1 Å². The highest BCUT2D eigenvalue weighted by Crippen LogP contribution is 2.25. The predicted octanol–water partition coefficient (Wildman–Crippen LogP) is 2.71. The fourth-order valence-corrected chi connectivity index (χ4v) is 4.20. The topological polar surface area (TPSA) is 51.3 Å². The summed E-state index contributed by atoms with van der Waals surface area (Å²) in [5, 5.41) is 13.4. The fraction of sp³-hybridized carbons (Fsp3) is 0.650. The van der Waals surface area contributed by atoms with Crippen molar-refractivity contribution in [1.29, 1.82) is 0 Å². The summed E-state index contributed by atoms with van der Waals surface area (Å²) in [5.41, 5.74) is 2.54. The number of rotatable bonds is 6. The third-order valence-corrected chi connectivity index (χ3v) is 5.67. The van der Waals surface area contributed by atoms with Gasteiger partial charge in [0, 0.05) is 17.1 Å². The molecule has 148 valence electrons. The van der Waals surface area contributed by atoms with Crippen molar-refractivity contribution in [3.63, 3.8) is 0 Å². The molecule has 1 N–H and O–H groups in total. The van der Waals surface area contributed by atoms with Gasteiger partial charge in [0.15, 0.2) is 0 Å². The number of aryl methyl sites for hydroxylation is 1. The highest BCUT2D eigenvalue weighted by Gasteiger charge is 2.34. The molecule has 2 aromatic rings. The number of tetrazole rings is 1. The largest absolute Gasteiger partial charge is 0.360 e. The number of nitrogens with zero attached hydrogens (tertiary/aromatic N) is 5. The van der Waals surface area contributed by atoms with E-state index >= 15 is 0 Å². The van der Waals surface area contributed by atoms with E-state index in [-0.39, 0.29) is 6.04 Å². The molecule has 1 fully saturated rings.